The van der Waals surface area contributed by atoms with Crippen LogP contribution in [0.3, 0.4) is 0 Å². The minimum Gasteiger partial charge on any atom is -0.288 e. The van der Waals surface area contributed by atoms with Gasteiger partial charge in [-0.15, -0.1) is 11.3 Å². The van der Waals surface area contributed by atoms with E-state index in [-0.39, 0.29) is 11.4 Å². The van der Waals surface area contributed by atoms with Crippen molar-refractivity contribution >= 4 is 34.5 Å². The van der Waals surface area contributed by atoms with Gasteiger partial charge in [0.05, 0.1) is 5.69 Å². The number of hydrogen-bond acceptors (Lipinski definition) is 5. The molecule has 0 atom stereocenters. The second-order valence-electron chi connectivity index (χ2n) is 4.45. The van der Waals surface area contributed by atoms with Gasteiger partial charge in [0.2, 0.25) is 5.78 Å². The largest absolute Gasteiger partial charge is 0.288 e. The summed E-state index contributed by atoms with van der Waals surface area (Å²) < 4.78 is 0. The number of Topliss-reactive ketones (excluding diaryl/α,β-unsaturated/α-hetero) is 1. The first kappa shape index (κ1) is 14.4. The topological polar surface area (TPSA) is 53.8 Å². The number of aromatic nitrogens is 1. The maximum Gasteiger partial charge on any atom is 0.203 e. The fourth-order valence-electron chi connectivity index (χ4n) is 1.91. The zero-order valence-electron chi connectivity index (χ0n) is 11.4. The van der Waals surface area contributed by atoms with Gasteiger partial charge in [-0.05, 0) is 17.5 Å². The van der Waals surface area contributed by atoms with Crippen LogP contribution in [0.5, 0.6) is 0 Å². The number of nitrogens with zero attached hydrogens (tertiary/aromatic N) is 2. The highest BCUT2D eigenvalue weighted by Crippen LogP contribution is 2.26. The molecule has 0 radical (unpaired) electrons. The van der Waals surface area contributed by atoms with Crippen LogP contribution in [0.1, 0.15) is 16.1 Å². The van der Waals surface area contributed by atoms with Crippen molar-refractivity contribution in [1.82, 2.24) is 4.98 Å². The van der Waals surface area contributed by atoms with Crippen molar-refractivity contribution in [3.05, 3.63) is 69.4 Å². The lowest BCUT2D eigenvalue weighted by Crippen LogP contribution is -2.01. The van der Waals surface area contributed by atoms with Gasteiger partial charge in [0, 0.05) is 21.9 Å². The number of thiazole rings is 1. The van der Waals surface area contributed by atoms with E-state index in [4.69, 9.17) is 0 Å². The average molecular weight is 322 g/mol. The van der Waals surface area contributed by atoms with Gasteiger partial charge in [0.1, 0.15) is 16.6 Å². The fraction of sp³-hybridized carbons (Fsp3) is 0. The summed E-state index contributed by atoms with van der Waals surface area (Å²) in [6.07, 6.45) is 1.54. The zero-order valence-corrected chi connectivity index (χ0v) is 13.0. The molecule has 0 saturated carbocycles. The molecule has 0 aliphatic rings. The number of allylic oxidation sites excluding steroid dienone is 1. The summed E-state index contributed by atoms with van der Waals surface area (Å²) in [7, 11) is 0. The Kier molecular flexibility index (Phi) is 4.24. The number of benzene rings is 1. The Hall–Kier alpha value is -2.55. The Bertz CT molecular complexity index is 856. The fourth-order valence-corrected chi connectivity index (χ4v) is 3.40. The first-order chi connectivity index (χ1) is 10.8. The molecule has 0 amide bonds. The molecule has 0 aliphatic heterocycles. The second kappa shape index (κ2) is 6.48. The molecule has 3 aromatic rings. The van der Waals surface area contributed by atoms with Crippen LogP contribution in [0.2, 0.25) is 0 Å². The van der Waals surface area contributed by atoms with E-state index in [9.17, 15) is 10.1 Å². The first-order valence-electron chi connectivity index (χ1n) is 6.47. The standard InChI is InChI=1S/C17H10N2OS2/c18-9-14(16(20)12-4-2-1-3-5-12)8-15-11-22-17(19-15)13-6-7-21-10-13/h1-8,10-11H/b14-8-. The lowest BCUT2D eigenvalue weighted by atomic mass is 10.0. The Morgan fingerprint density at radius 1 is 1.18 bits per heavy atom. The number of carbonyl (C=O) groups excluding carboxylic acids is 1. The van der Waals surface area contributed by atoms with Crippen molar-refractivity contribution in [1.29, 1.82) is 5.26 Å². The first-order valence-corrected chi connectivity index (χ1v) is 8.30. The van der Waals surface area contributed by atoms with E-state index < -0.39 is 0 Å². The molecule has 0 spiro atoms. The molecule has 22 heavy (non-hydrogen) atoms. The number of rotatable bonds is 4. The van der Waals surface area contributed by atoms with Crippen LogP contribution in [-0.2, 0) is 0 Å². The average Bonchev–Trinajstić information content (AvgIpc) is 3.24. The van der Waals surface area contributed by atoms with Gasteiger partial charge < -0.3 is 0 Å². The highest BCUT2D eigenvalue weighted by molar-refractivity contribution is 7.14. The van der Waals surface area contributed by atoms with E-state index >= 15 is 0 Å². The molecular weight excluding hydrogens is 312 g/mol. The van der Waals surface area contributed by atoms with Crippen LogP contribution in [0, 0.1) is 11.3 Å². The van der Waals surface area contributed by atoms with E-state index in [2.05, 4.69) is 4.98 Å². The number of hydrogen-bond donors (Lipinski definition) is 0. The Morgan fingerprint density at radius 3 is 2.68 bits per heavy atom. The normalized spacial score (nSPS) is 11.1. The van der Waals surface area contributed by atoms with Gasteiger partial charge in [-0.3, -0.25) is 4.79 Å². The smallest absolute Gasteiger partial charge is 0.203 e. The highest BCUT2D eigenvalue weighted by atomic mass is 32.1. The van der Waals surface area contributed by atoms with E-state index in [1.807, 2.05) is 34.3 Å². The van der Waals surface area contributed by atoms with Crippen LogP contribution in [0.4, 0.5) is 0 Å². The van der Waals surface area contributed by atoms with E-state index in [1.54, 1.807) is 41.7 Å². The molecule has 0 bridgehead atoms. The van der Waals surface area contributed by atoms with E-state index in [0.717, 1.165) is 10.6 Å². The molecule has 5 heteroatoms. The third-order valence-electron chi connectivity index (χ3n) is 2.98. The molecule has 0 aliphatic carbocycles. The molecule has 3 rings (SSSR count). The molecule has 0 saturated heterocycles. The van der Waals surface area contributed by atoms with Gasteiger partial charge in [0.15, 0.2) is 0 Å². The molecular formula is C17H10N2OS2. The van der Waals surface area contributed by atoms with Gasteiger partial charge in [-0.1, -0.05) is 30.3 Å². The number of nitriles is 1. The Balaban J connectivity index is 1.90. The molecule has 2 heterocycles. The van der Waals surface area contributed by atoms with Gasteiger partial charge >= 0.3 is 0 Å². The molecule has 3 nitrogen and oxygen atoms in total. The lowest BCUT2D eigenvalue weighted by Gasteiger charge is -1.97. The van der Waals surface area contributed by atoms with Crippen molar-refractivity contribution in [3.63, 3.8) is 0 Å². The van der Waals surface area contributed by atoms with E-state index in [0.29, 0.717) is 11.3 Å². The van der Waals surface area contributed by atoms with Crippen LogP contribution >= 0.6 is 22.7 Å². The lowest BCUT2D eigenvalue weighted by molar-refractivity contribution is 0.104. The number of carbonyl (C=O) groups is 1. The summed E-state index contributed by atoms with van der Waals surface area (Å²) in [5, 5.41) is 16.0. The Morgan fingerprint density at radius 2 is 2.00 bits per heavy atom. The van der Waals surface area contributed by atoms with Crippen LogP contribution in [0.25, 0.3) is 16.6 Å². The monoisotopic (exact) mass is 322 g/mol. The summed E-state index contributed by atoms with van der Waals surface area (Å²) in [5.74, 6) is -0.284. The van der Waals surface area contributed by atoms with Crippen molar-refractivity contribution in [2.75, 3.05) is 0 Å². The maximum atomic E-state index is 12.3. The van der Waals surface area contributed by atoms with Crippen molar-refractivity contribution in [2.45, 2.75) is 0 Å². The summed E-state index contributed by atoms with van der Waals surface area (Å²) in [6, 6.07) is 12.8. The molecule has 2 aromatic heterocycles. The highest BCUT2D eigenvalue weighted by Gasteiger charge is 2.12. The van der Waals surface area contributed by atoms with Gasteiger partial charge in [-0.2, -0.15) is 16.6 Å². The van der Waals surface area contributed by atoms with Gasteiger partial charge in [-0.25, -0.2) is 4.98 Å². The minimum absolute atomic E-state index is 0.0911. The number of ketones is 1. The Labute approximate surface area is 135 Å². The van der Waals surface area contributed by atoms with Crippen molar-refractivity contribution in [3.8, 4) is 16.6 Å². The molecule has 106 valence electrons. The quantitative estimate of drug-likeness (QED) is 0.399. The third-order valence-corrected chi connectivity index (χ3v) is 4.58. The summed E-state index contributed by atoms with van der Waals surface area (Å²) in [5.41, 5.74) is 2.28. The molecule has 1 aromatic carbocycles. The molecule has 0 fully saturated rings. The molecule has 0 unspecified atom stereocenters. The van der Waals surface area contributed by atoms with Crippen LogP contribution in [0.15, 0.2) is 58.1 Å². The predicted octanol–water partition coefficient (Wildman–Crippen LogP) is 4.66. The zero-order chi connectivity index (χ0) is 15.4. The number of thiophene rings is 1. The van der Waals surface area contributed by atoms with Crippen LogP contribution < -0.4 is 0 Å². The van der Waals surface area contributed by atoms with Crippen LogP contribution in [-0.4, -0.2) is 10.8 Å². The maximum absolute atomic E-state index is 12.3. The summed E-state index contributed by atoms with van der Waals surface area (Å²) in [4.78, 5) is 16.8. The van der Waals surface area contributed by atoms with Crippen molar-refractivity contribution in [2.24, 2.45) is 0 Å². The SMILES string of the molecule is N#C/C(=C/c1csc(-c2ccsc2)n1)C(=O)c1ccccc1. The summed E-state index contributed by atoms with van der Waals surface area (Å²) >= 11 is 3.11. The minimum atomic E-state index is -0.284. The molecule has 0 N–H and O–H groups in total. The second-order valence-corrected chi connectivity index (χ2v) is 6.09. The van der Waals surface area contributed by atoms with E-state index in [1.165, 1.54) is 11.3 Å². The predicted molar refractivity (Wildman–Crippen MR) is 89.8 cm³/mol. The summed E-state index contributed by atoms with van der Waals surface area (Å²) in [6.45, 7) is 0. The van der Waals surface area contributed by atoms with Gasteiger partial charge in [0.25, 0.3) is 0 Å². The third kappa shape index (κ3) is 3.03. The van der Waals surface area contributed by atoms with Crippen molar-refractivity contribution < 1.29 is 4.79 Å².